The quantitative estimate of drug-likeness (QED) is 0.625. The standard InChI is InChI=1S/C10H16N2O5S2/c13-10-4-2-1-3-9(10)11-19(16,17)12-5-7-18(14,15)8-6-12/h1-4,11,13-15H,5-8H2. The van der Waals surface area contributed by atoms with Crippen LogP contribution in [0.15, 0.2) is 24.3 Å². The summed E-state index contributed by atoms with van der Waals surface area (Å²) in [7, 11) is -6.43. The number of hydrogen-bond donors (Lipinski definition) is 4. The van der Waals surface area contributed by atoms with Crippen LogP contribution in [0.1, 0.15) is 0 Å². The van der Waals surface area contributed by atoms with Crippen molar-refractivity contribution in [2.45, 2.75) is 0 Å². The second-order valence-corrected chi connectivity index (χ2v) is 8.33. The molecular weight excluding hydrogens is 292 g/mol. The lowest BCUT2D eigenvalue weighted by Gasteiger charge is -2.40. The predicted molar refractivity (Wildman–Crippen MR) is 74.8 cm³/mol. The molecule has 9 heteroatoms. The zero-order valence-corrected chi connectivity index (χ0v) is 11.7. The van der Waals surface area contributed by atoms with E-state index in [-0.39, 0.29) is 36.0 Å². The third-order valence-corrected chi connectivity index (χ3v) is 6.01. The Hall–Kier alpha value is -1.00. The fourth-order valence-corrected chi connectivity index (χ4v) is 4.42. The summed E-state index contributed by atoms with van der Waals surface area (Å²) in [5.74, 6) is -0.0871. The number of benzene rings is 1. The van der Waals surface area contributed by atoms with Crippen molar-refractivity contribution in [1.29, 1.82) is 0 Å². The van der Waals surface area contributed by atoms with Gasteiger partial charge in [0.15, 0.2) is 0 Å². The molecule has 1 saturated heterocycles. The molecule has 0 unspecified atom stereocenters. The normalized spacial score (nSPS) is 21.8. The molecule has 1 aliphatic rings. The molecule has 1 aromatic carbocycles. The molecule has 0 aliphatic carbocycles. The van der Waals surface area contributed by atoms with Gasteiger partial charge in [0, 0.05) is 13.1 Å². The van der Waals surface area contributed by atoms with Gasteiger partial charge < -0.3 is 5.11 Å². The van der Waals surface area contributed by atoms with Crippen LogP contribution in [0.4, 0.5) is 5.69 Å². The van der Waals surface area contributed by atoms with E-state index >= 15 is 0 Å². The number of anilines is 1. The number of phenols is 1. The van der Waals surface area contributed by atoms with E-state index in [0.717, 1.165) is 4.31 Å². The van der Waals surface area contributed by atoms with Crippen molar-refractivity contribution >= 4 is 26.5 Å². The molecule has 1 fully saturated rings. The minimum absolute atomic E-state index is 0.0364. The maximum atomic E-state index is 12.1. The first kappa shape index (κ1) is 14.4. The van der Waals surface area contributed by atoms with Crippen molar-refractivity contribution in [2.24, 2.45) is 0 Å². The van der Waals surface area contributed by atoms with Crippen LogP contribution in [0.25, 0.3) is 0 Å². The summed E-state index contributed by atoms with van der Waals surface area (Å²) in [6.07, 6.45) is 0. The van der Waals surface area contributed by atoms with E-state index in [9.17, 15) is 22.6 Å². The lowest BCUT2D eigenvalue weighted by molar-refractivity contribution is 0.404. The van der Waals surface area contributed by atoms with Crippen molar-refractivity contribution in [3.8, 4) is 5.75 Å². The number of para-hydroxylation sites is 2. The van der Waals surface area contributed by atoms with Crippen molar-refractivity contribution in [1.82, 2.24) is 4.31 Å². The minimum Gasteiger partial charge on any atom is -0.506 e. The summed E-state index contributed by atoms with van der Waals surface area (Å²) in [6.45, 7) is 0.0938. The second-order valence-electron chi connectivity index (χ2n) is 4.23. The number of phenolic OH excluding ortho intramolecular Hbond substituents is 1. The van der Waals surface area contributed by atoms with Crippen molar-refractivity contribution in [2.75, 3.05) is 29.3 Å². The molecule has 0 bridgehead atoms. The van der Waals surface area contributed by atoms with Crippen LogP contribution in [0.5, 0.6) is 5.75 Å². The zero-order valence-electron chi connectivity index (χ0n) is 10.1. The van der Waals surface area contributed by atoms with E-state index in [1.54, 1.807) is 12.1 Å². The van der Waals surface area contributed by atoms with Crippen LogP contribution in [0.2, 0.25) is 0 Å². The minimum atomic E-state index is -3.79. The Labute approximate surface area is 113 Å². The number of hydrogen-bond acceptors (Lipinski definition) is 5. The first-order valence-electron chi connectivity index (χ1n) is 5.60. The molecule has 1 aliphatic heterocycles. The molecule has 0 saturated carbocycles. The van der Waals surface area contributed by atoms with Gasteiger partial charge in [0.25, 0.3) is 0 Å². The average Bonchev–Trinajstić information content (AvgIpc) is 2.31. The van der Waals surface area contributed by atoms with Gasteiger partial charge in [0.05, 0.1) is 17.2 Å². The smallest absolute Gasteiger partial charge is 0.301 e. The van der Waals surface area contributed by atoms with Gasteiger partial charge >= 0.3 is 10.2 Å². The summed E-state index contributed by atoms with van der Waals surface area (Å²) in [6, 6.07) is 6.02. The van der Waals surface area contributed by atoms with Gasteiger partial charge in [-0.1, -0.05) is 12.1 Å². The number of nitrogens with zero attached hydrogens (tertiary/aromatic N) is 1. The summed E-state index contributed by atoms with van der Waals surface area (Å²) >= 11 is 0. The zero-order chi connectivity index (χ0) is 14.1. The van der Waals surface area contributed by atoms with Gasteiger partial charge in [-0.3, -0.25) is 13.8 Å². The summed E-state index contributed by atoms with van der Waals surface area (Å²) < 4.78 is 46.4. The molecule has 2 rings (SSSR count). The van der Waals surface area contributed by atoms with Crippen LogP contribution in [-0.2, 0) is 10.2 Å². The fourth-order valence-electron chi connectivity index (χ4n) is 1.71. The van der Waals surface area contributed by atoms with E-state index in [4.69, 9.17) is 0 Å². The Morgan fingerprint density at radius 3 is 2.32 bits per heavy atom. The Morgan fingerprint density at radius 1 is 1.16 bits per heavy atom. The van der Waals surface area contributed by atoms with Crippen LogP contribution >= 0.6 is 10.6 Å². The van der Waals surface area contributed by atoms with Crippen molar-refractivity contribution < 1.29 is 22.6 Å². The average molecular weight is 308 g/mol. The first-order valence-corrected chi connectivity index (χ1v) is 8.92. The fraction of sp³-hybridized carbons (Fsp3) is 0.400. The third kappa shape index (κ3) is 3.51. The number of aromatic hydroxyl groups is 1. The van der Waals surface area contributed by atoms with Gasteiger partial charge in [-0.05, 0) is 12.1 Å². The van der Waals surface area contributed by atoms with Gasteiger partial charge in [0.2, 0.25) is 0 Å². The molecular formula is C10H16N2O5S2. The lowest BCUT2D eigenvalue weighted by Crippen LogP contribution is -2.44. The van der Waals surface area contributed by atoms with Gasteiger partial charge in [-0.2, -0.15) is 23.3 Å². The lowest BCUT2D eigenvalue weighted by atomic mass is 10.3. The molecule has 0 radical (unpaired) electrons. The van der Waals surface area contributed by atoms with E-state index in [1.165, 1.54) is 12.1 Å². The maximum absolute atomic E-state index is 12.1. The molecule has 7 nitrogen and oxygen atoms in total. The molecule has 19 heavy (non-hydrogen) atoms. The highest BCUT2D eigenvalue weighted by molar-refractivity contribution is 8.24. The number of nitrogens with one attached hydrogen (secondary N) is 1. The molecule has 4 N–H and O–H groups in total. The number of rotatable bonds is 3. The van der Waals surface area contributed by atoms with Crippen LogP contribution < -0.4 is 4.72 Å². The SMILES string of the molecule is O=S(=O)(Nc1ccccc1O)N1CCS(O)(O)CC1. The van der Waals surface area contributed by atoms with Crippen LogP contribution in [0.3, 0.4) is 0 Å². The Bertz CT molecular complexity index is 551. The Kier molecular flexibility index (Phi) is 3.92. The molecule has 0 aromatic heterocycles. The molecule has 1 aromatic rings. The van der Waals surface area contributed by atoms with Crippen molar-refractivity contribution in [3.05, 3.63) is 24.3 Å². The van der Waals surface area contributed by atoms with Crippen LogP contribution in [0, 0.1) is 0 Å². The third-order valence-electron chi connectivity index (χ3n) is 2.82. The highest BCUT2D eigenvalue weighted by Gasteiger charge is 2.30. The molecule has 108 valence electrons. The van der Waals surface area contributed by atoms with Gasteiger partial charge in [0.1, 0.15) is 5.75 Å². The van der Waals surface area contributed by atoms with E-state index in [0.29, 0.717) is 0 Å². The van der Waals surface area contributed by atoms with Gasteiger partial charge in [-0.25, -0.2) is 0 Å². The molecule has 0 spiro atoms. The topological polar surface area (TPSA) is 110 Å². The highest BCUT2D eigenvalue weighted by atomic mass is 32.3. The summed E-state index contributed by atoms with van der Waals surface area (Å²) in [5, 5.41) is 9.53. The van der Waals surface area contributed by atoms with Crippen molar-refractivity contribution in [3.63, 3.8) is 0 Å². The monoisotopic (exact) mass is 308 g/mol. The van der Waals surface area contributed by atoms with E-state index in [2.05, 4.69) is 4.72 Å². The van der Waals surface area contributed by atoms with E-state index in [1.807, 2.05) is 0 Å². The second kappa shape index (κ2) is 5.17. The Balaban J connectivity index is 2.10. The summed E-state index contributed by atoms with van der Waals surface area (Å²) in [4.78, 5) is 0. The summed E-state index contributed by atoms with van der Waals surface area (Å²) in [5.41, 5.74) is 0.0969. The Morgan fingerprint density at radius 2 is 1.74 bits per heavy atom. The largest absolute Gasteiger partial charge is 0.506 e. The van der Waals surface area contributed by atoms with Gasteiger partial charge in [-0.15, -0.1) is 0 Å². The first-order chi connectivity index (χ1) is 8.80. The van der Waals surface area contributed by atoms with Crippen LogP contribution in [-0.4, -0.2) is 51.5 Å². The predicted octanol–water partition coefficient (Wildman–Crippen LogP) is 1.12. The molecule has 0 amide bonds. The molecule has 1 heterocycles. The van der Waals surface area contributed by atoms with E-state index < -0.39 is 20.8 Å². The molecule has 0 atom stereocenters. The maximum Gasteiger partial charge on any atom is 0.301 e. The highest BCUT2D eigenvalue weighted by Crippen LogP contribution is 2.40.